The predicted molar refractivity (Wildman–Crippen MR) is 150 cm³/mol. The molecular weight excluding hydrogens is 474 g/mol. The lowest BCUT2D eigenvalue weighted by Crippen LogP contribution is -2.32. The number of nitrogens with zero attached hydrogens (tertiary/aromatic N) is 1. The molecule has 2 heterocycles. The van der Waals surface area contributed by atoms with E-state index in [-0.39, 0.29) is 0 Å². The molecule has 1 aromatic heterocycles. The summed E-state index contributed by atoms with van der Waals surface area (Å²) < 4.78 is 6.64. The Kier molecular flexibility index (Phi) is 4.24. The summed E-state index contributed by atoms with van der Waals surface area (Å²) in [5.74, 6) is 1.63. The highest BCUT2D eigenvalue weighted by molar-refractivity contribution is 6.30. The van der Waals surface area contributed by atoms with Crippen LogP contribution in [0.15, 0.2) is 121 Å². The second-order valence-electron chi connectivity index (χ2n) is 9.68. The minimum atomic E-state index is -0.490. The number of fused-ring (bicyclic) bond motifs is 10. The third-order valence-electron chi connectivity index (χ3n) is 7.85. The summed E-state index contributed by atoms with van der Waals surface area (Å²) in [5.41, 5.74) is 9.95. The van der Waals surface area contributed by atoms with Gasteiger partial charge in [0.25, 0.3) is 0 Å². The van der Waals surface area contributed by atoms with Crippen LogP contribution in [-0.2, 0) is 5.41 Å². The first-order valence-corrected chi connectivity index (χ1v) is 12.8. The Labute approximate surface area is 219 Å². The summed E-state index contributed by atoms with van der Waals surface area (Å²) in [6.45, 7) is 0. The zero-order chi connectivity index (χ0) is 24.6. The normalized spacial score (nSPS) is 14.0. The van der Waals surface area contributed by atoms with Crippen molar-refractivity contribution in [1.82, 2.24) is 4.98 Å². The molecule has 37 heavy (non-hydrogen) atoms. The van der Waals surface area contributed by atoms with E-state index in [1.807, 2.05) is 24.4 Å². The molecule has 0 N–H and O–H groups in total. The highest BCUT2D eigenvalue weighted by Gasteiger charge is 2.51. The van der Waals surface area contributed by atoms with Gasteiger partial charge in [0, 0.05) is 33.3 Å². The summed E-state index contributed by atoms with van der Waals surface area (Å²) >= 11 is 6.50. The highest BCUT2D eigenvalue weighted by Crippen LogP contribution is 2.62. The van der Waals surface area contributed by atoms with Crippen LogP contribution in [0.25, 0.3) is 33.2 Å². The molecule has 6 aromatic rings. The molecule has 0 bridgehead atoms. The minimum absolute atomic E-state index is 0.490. The van der Waals surface area contributed by atoms with Gasteiger partial charge in [-0.1, -0.05) is 103 Å². The molecule has 0 saturated carbocycles. The lowest BCUT2D eigenvalue weighted by Gasteiger charge is -2.39. The number of benzene rings is 5. The van der Waals surface area contributed by atoms with Gasteiger partial charge in [-0.3, -0.25) is 4.98 Å². The van der Waals surface area contributed by atoms with E-state index in [1.165, 1.54) is 22.3 Å². The van der Waals surface area contributed by atoms with Gasteiger partial charge in [-0.15, -0.1) is 0 Å². The van der Waals surface area contributed by atoms with Crippen molar-refractivity contribution in [3.8, 4) is 33.8 Å². The molecule has 0 atom stereocenters. The van der Waals surface area contributed by atoms with Gasteiger partial charge in [0.2, 0.25) is 0 Å². The summed E-state index contributed by atoms with van der Waals surface area (Å²) in [7, 11) is 0. The van der Waals surface area contributed by atoms with E-state index in [2.05, 4.69) is 102 Å². The molecule has 3 heteroatoms. The van der Waals surface area contributed by atoms with Crippen molar-refractivity contribution in [2.75, 3.05) is 0 Å². The Hall–Kier alpha value is -4.40. The van der Waals surface area contributed by atoms with Crippen LogP contribution in [0, 0.1) is 0 Å². The molecule has 0 unspecified atom stereocenters. The first-order valence-electron chi connectivity index (χ1n) is 12.4. The molecule has 1 spiro atoms. The van der Waals surface area contributed by atoms with E-state index in [9.17, 15) is 0 Å². The third kappa shape index (κ3) is 2.74. The van der Waals surface area contributed by atoms with Crippen molar-refractivity contribution in [2.45, 2.75) is 5.41 Å². The highest BCUT2D eigenvalue weighted by atomic mass is 35.5. The van der Waals surface area contributed by atoms with Crippen molar-refractivity contribution in [2.24, 2.45) is 0 Å². The number of ether oxygens (including phenoxy) is 1. The zero-order valence-electron chi connectivity index (χ0n) is 19.8. The molecule has 1 aliphatic heterocycles. The van der Waals surface area contributed by atoms with Crippen LogP contribution in [0.1, 0.15) is 22.3 Å². The van der Waals surface area contributed by atoms with Crippen LogP contribution in [0.5, 0.6) is 11.5 Å². The van der Waals surface area contributed by atoms with E-state index < -0.39 is 5.41 Å². The predicted octanol–water partition coefficient (Wildman–Crippen LogP) is 9.02. The van der Waals surface area contributed by atoms with E-state index >= 15 is 0 Å². The monoisotopic (exact) mass is 493 g/mol. The van der Waals surface area contributed by atoms with Crippen LogP contribution in [-0.4, -0.2) is 4.98 Å². The maximum atomic E-state index is 6.64. The number of hydrogen-bond acceptors (Lipinski definition) is 2. The minimum Gasteiger partial charge on any atom is -0.457 e. The smallest absolute Gasteiger partial charge is 0.133 e. The maximum Gasteiger partial charge on any atom is 0.133 e. The maximum absolute atomic E-state index is 6.64. The number of rotatable bonds is 1. The fraction of sp³-hybridized carbons (Fsp3) is 0.0294. The van der Waals surface area contributed by atoms with Crippen molar-refractivity contribution < 1.29 is 4.74 Å². The molecule has 174 valence electrons. The van der Waals surface area contributed by atoms with Gasteiger partial charge in [0.05, 0.1) is 10.9 Å². The van der Waals surface area contributed by atoms with Gasteiger partial charge in [-0.2, -0.15) is 0 Å². The molecule has 8 rings (SSSR count). The van der Waals surface area contributed by atoms with Gasteiger partial charge >= 0.3 is 0 Å². The lowest BCUT2D eigenvalue weighted by molar-refractivity contribution is 0.436. The molecule has 0 amide bonds. The SMILES string of the molecule is Clc1ccc2c(c1)Oc1cc(-c3cccc4cccnc34)ccc1C21c2ccccc2-c2ccccc21. The number of aromatic nitrogens is 1. The fourth-order valence-corrected chi connectivity index (χ4v) is 6.55. The van der Waals surface area contributed by atoms with Crippen LogP contribution < -0.4 is 4.74 Å². The van der Waals surface area contributed by atoms with E-state index in [1.54, 1.807) is 0 Å². The van der Waals surface area contributed by atoms with Crippen LogP contribution in [0.4, 0.5) is 0 Å². The topological polar surface area (TPSA) is 22.1 Å². The number of halogens is 1. The first-order chi connectivity index (χ1) is 18.2. The summed E-state index contributed by atoms with van der Waals surface area (Å²) in [6.07, 6.45) is 1.85. The van der Waals surface area contributed by atoms with E-state index in [0.29, 0.717) is 5.02 Å². The van der Waals surface area contributed by atoms with Gasteiger partial charge in [0.1, 0.15) is 11.5 Å². The average Bonchev–Trinajstić information content (AvgIpc) is 3.23. The standard InChI is InChI=1S/C34H20ClNO/c35-23-15-17-30-32(20-23)37-31-19-22(24-11-5-7-21-8-6-18-36-33(21)24)14-16-29(31)34(30)27-12-3-1-9-25(27)26-10-2-4-13-28(26)34/h1-20H. The first kappa shape index (κ1) is 20.8. The van der Waals surface area contributed by atoms with Crippen LogP contribution >= 0.6 is 11.6 Å². The van der Waals surface area contributed by atoms with Gasteiger partial charge in [-0.05, 0) is 52.1 Å². The molecule has 1 aliphatic carbocycles. The van der Waals surface area contributed by atoms with Crippen molar-refractivity contribution in [1.29, 1.82) is 0 Å². The Balaban J connectivity index is 1.46. The molecule has 2 nitrogen and oxygen atoms in total. The van der Waals surface area contributed by atoms with Gasteiger partial charge < -0.3 is 4.74 Å². The molecule has 0 saturated heterocycles. The molecule has 0 radical (unpaired) electrons. The summed E-state index contributed by atoms with van der Waals surface area (Å²) in [6, 6.07) is 40.5. The van der Waals surface area contributed by atoms with Crippen molar-refractivity contribution in [3.63, 3.8) is 0 Å². The molecule has 5 aromatic carbocycles. The Morgan fingerprint density at radius 3 is 2.00 bits per heavy atom. The zero-order valence-corrected chi connectivity index (χ0v) is 20.5. The van der Waals surface area contributed by atoms with Crippen LogP contribution in [0.3, 0.4) is 0 Å². The fourth-order valence-electron chi connectivity index (χ4n) is 6.39. The average molecular weight is 494 g/mol. The van der Waals surface area contributed by atoms with Crippen molar-refractivity contribution >= 4 is 22.5 Å². The molecule has 2 aliphatic rings. The number of pyridine rings is 1. The summed E-state index contributed by atoms with van der Waals surface area (Å²) in [4.78, 5) is 4.69. The van der Waals surface area contributed by atoms with Crippen LogP contribution in [0.2, 0.25) is 5.02 Å². The van der Waals surface area contributed by atoms with Gasteiger partial charge in [-0.25, -0.2) is 0 Å². The largest absolute Gasteiger partial charge is 0.457 e. The lowest BCUT2D eigenvalue weighted by atomic mass is 9.66. The second kappa shape index (κ2) is 7.55. The van der Waals surface area contributed by atoms with Gasteiger partial charge in [0.15, 0.2) is 0 Å². The number of hydrogen-bond donors (Lipinski definition) is 0. The van der Waals surface area contributed by atoms with E-state index in [0.717, 1.165) is 44.7 Å². The molecular formula is C34H20ClNO. The molecule has 0 fully saturated rings. The van der Waals surface area contributed by atoms with E-state index in [4.69, 9.17) is 16.3 Å². The van der Waals surface area contributed by atoms with Crippen molar-refractivity contribution in [3.05, 3.63) is 149 Å². The quantitative estimate of drug-likeness (QED) is 0.227. The Morgan fingerprint density at radius 1 is 0.568 bits per heavy atom. The Bertz CT molecular complexity index is 1840. The third-order valence-corrected chi connectivity index (χ3v) is 8.08. The Morgan fingerprint density at radius 2 is 1.22 bits per heavy atom. The number of para-hydroxylation sites is 1. The second-order valence-corrected chi connectivity index (χ2v) is 10.1. The summed E-state index contributed by atoms with van der Waals surface area (Å²) in [5, 5.41) is 1.78.